The molecule has 2 amide bonds. The quantitative estimate of drug-likeness (QED) is 0.910. The second-order valence-corrected chi connectivity index (χ2v) is 5.59. The highest BCUT2D eigenvalue weighted by Gasteiger charge is 2.11. The molecule has 0 unspecified atom stereocenters. The van der Waals surface area contributed by atoms with Crippen LogP contribution in [0.5, 0.6) is 0 Å². The van der Waals surface area contributed by atoms with Crippen LogP contribution < -0.4 is 5.32 Å². The van der Waals surface area contributed by atoms with Gasteiger partial charge >= 0.3 is 12.0 Å². The summed E-state index contributed by atoms with van der Waals surface area (Å²) in [6.45, 7) is 2.33. The number of nitrogens with one attached hydrogen (secondary N) is 1. The summed E-state index contributed by atoms with van der Waals surface area (Å²) >= 11 is 1.54. The van der Waals surface area contributed by atoms with Crippen LogP contribution in [-0.4, -0.2) is 34.0 Å². The first-order valence-electron chi connectivity index (χ1n) is 6.22. The standard InChI is InChI=1S/C14H15N3O3S/c1-9-15-12(8-21-9)7-17(2)14(20)16-11-5-3-10(4-6-11)13(18)19/h3-6,8H,7H2,1-2H3,(H,16,20)(H,18,19). The molecule has 2 N–H and O–H groups in total. The molecule has 7 heteroatoms. The summed E-state index contributed by atoms with van der Waals surface area (Å²) in [5, 5.41) is 14.4. The zero-order chi connectivity index (χ0) is 15.4. The normalized spacial score (nSPS) is 10.2. The summed E-state index contributed by atoms with van der Waals surface area (Å²) in [6, 6.07) is 5.73. The van der Waals surface area contributed by atoms with E-state index in [0.29, 0.717) is 12.2 Å². The SMILES string of the molecule is Cc1nc(CN(C)C(=O)Nc2ccc(C(=O)O)cc2)cs1. The van der Waals surface area contributed by atoms with Crippen LogP contribution in [0.25, 0.3) is 0 Å². The first-order valence-corrected chi connectivity index (χ1v) is 7.10. The van der Waals surface area contributed by atoms with Gasteiger partial charge in [0.1, 0.15) is 0 Å². The Morgan fingerprint density at radius 2 is 2.00 bits per heavy atom. The molecule has 2 aromatic rings. The Balaban J connectivity index is 1.95. The lowest BCUT2D eigenvalue weighted by Gasteiger charge is -2.16. The van der Waals surface area contributed by atoms with Gasteiger partial charge in [0, 0.05) is 18.1 Å². The first kappa shape index (κ1) is 15.0. The van der Waals surface area contributed by atoms with Crippen LogP contribution in [0.3, 0.4) is 0 Å². The molecule has 0 atom stereocenters. The van der Waals surface area contributed by atoms with E-state index in [0.717, 1.165) is 10.7 Å². The van der Waals surface area contributed by atoms with E-state index in [1.54, 1.807) is 30.5 Å². The van der Waals surface area contributed by atoms with E-state index in [1.807, 2.05) is 12.3 Å². The maximum Gasteiger partial charge on any atom is 0.335 e. The molecule has 0 aliphatic carbocycles. The topological polar surface area (TPSA) is 82.5 Å². The van der Waals surface area contributed by atoms with Crippen LogP contribution in [0.4, 0.5) is 10.5 Å². The van der Waals surface area contributed by atoms with Crippen molar-refractivity contribution in [2.75, 3.05) is 12.4 Å². The number of carboxylic acid groups (broad SMARTS) is 1. The smallest absolute Gasteiger partial charge is 0.335 e. The van der Waals surface area contributed by atoms with Gasteiger partial charge in [0.25, 0.3) is 0 Å². The van der Waals surface area contributed by atoms with Crippen molar-refractivity contribution in [3.8, 4) is 0 Å². The van der Waals surface area contributed by atoms with E-state index in [2.05, 4.69) is 10.3 Å². The minimum atomic E-state index is -0.996. The van der Waals surface area contributed by atoms with Gasteiger partial charge in [-0.15, -0.1) is 11.3 Å². The third kappa shape index (κ3) is 4.03. The number of carboxylic acids is 1. The molecule has 1 heterocycles. The van der Waals surface area contributed by atoms with E-state index in [1.165, 1.54) is 17.0 Å². The van der Waals surface area contributed by atoms with Crippen molar-refractivity contribution in [3.05, 3.63) is 45.9 Å². The van der Waals surface area contributed by atoms with Crippen LogP contribution in [0.15, 0.2) is 29.6 Å². The number of benzene rings is 1. The predicted octanol–water partition coefficient (Wildman–Crippen LogP) is 2.81. The van der Waals surface area contributed by atoms with Crippen molar-refractivity contribution in [2.24, 2.45) is 0 Å². The second kappa shape index (κ2) is 6.36. The lowest BCUT2D eigenvalue weighted by atomic mass is 10.2. The number of aromatic carboxylic acids is 1. The molecule has 1 aromatic carbocycles. The highest BCUT2D eigenvalue weighted by Crippen LogP contribution is 2.12. The maximum absolute atomic E-state index is 12.0. The zero-order valence-electron chi connectivity index (χ0n) is 11.7. The van der Waals surface area contributed by atoms with Crippen molar-refractivity contribution >= 4 is 29.0 Å². The van der Waals surface area contributed by atoms with Crippen molar-refractivity contribution in [2.45, 2.75) is 13.5 Å². The van der Waals surface area contributed by atoms with E-state index in [-0.39, 0.29) is 11.6 Å². The van der Waals surface area contributed by atoms with E-state index in [9.17, 15) is 9.59 Å². The van der Waals surface area contributed by atoms with Crippen molar-refractivity contribution in [3.63, 3.8) is 0 Å². The number of rotatable bonds is 4. The number of urea groups is 1. The van der Waals surface area contributed by atoms with Gasteiger partial charge in [-0.2, -0.15) is 0 Å². The number of anilines is 1. The number of carbonyl (C=O) groups excluding carboxylic acids is 1. The number of hydrogen-bond donors (Lipinski definition) is 2. The summed E-state index contributed by atoms with van der Waals surface area (Å²) in [4.78, 5) is 28.6. The van der Waals surface area contributed by atoms with Crippen LogP contribution in [-0.2, 0) is 6.54 Å². The number of carbonyl (C=O) groups is 2. The molecule has 21 heavy (non-hydrogen) atoms. The first-order chi connectivity index (χ1) is 9.95. The largest absolute Gasteiger partial charge is 0.478 e. The molecule has 0 aliphatic heterocycles. The number of thiazole rings is 1. The summed E-state index contributed by atoms with van der Waals surface area (Å²) in [7, 11) is 1.68. The van der Waals surface area contributed by atoms with E-state index in [4.69, 9.17) is 5.11 Å². The molecule has 6 nitrogen and oxygen atoms in total. The molecule has 0 fully saturated rings. The Labute approximate surface area is 126 Å². The third-order valence-corrected chi connectivity index (χ3v) is 3.62. The Bertz CT molecular complexity index is 652. The monoisotopic (exact) mass is 305 g/mol. The molecule has 1 aromatic heterocycles. The molecule has 0 aliphatic rings. The fraction of sp³-hybridized carbons (Fsp3) is 0.214. The average Bonchev–Trinajstić information content (AvgIpc) is 2.84. The Morgan fingerprint density at radius 1 is 1.33 bits per heavy atom. The van der Waals surface area contributed by atoms with Gasteiger partial charge in [0.05, 0.1) is 22.8 Å². The fourth-order valence-corrected chi connectivity index (χ4v) is 2.31. The molecule has 0 bridgehead atoms. The summed E-state index contributed by atoms with van der Waals surface area (Å²) < 4.78 is 0. The zero-order valence-corrected chi connectivity index (χ0v) is 12.5. The van der Waals surface area contributed by atoms with Gasteiger partial charge in [-0.1, -0.05) is 0 Å². The number of aromatic nitrogens is 1. The molecule has 2 rings (SSSR count). The third-order valence-electron chi connectivity index (χ3n) is 2.80. The van der Waals surface area contributed by atoms with Crippen LogP contribution in [0.2, 0.25) is 0 Å². The van der Waals surface area contributed by atoms with Gasteiger partial charge in [-0.05, 0) is 31.2 Å². The lowest BCUT2D eigenvalue weighted by molar-refractivity contribution is 0.0697. The van der Waals surface area contributed by atoms with Crippen LogP contribution >= 0.6 is 11.3 Å². The van der Waals surface area contributed by atoms with Crippen LogP contribution in [0.1, 0.15) is 21.1 Å². The Kier molecular flexibility index (Phi) is 4.54. The molecular weight excluding hydrogens is 290 g/mol. The number of amides is 2. The average molecular weight is 305 g/mol. The highest BCUT2D eigenvalue weighted by atomic mass is 32.1. The molecule has 0 radical (unpaired) electrons. The van der Waals surface area contributed by atoms with Crippen molar-refractivity contribution in [1.29, 1.82) is 0 Å². The van der Waals surface area contributed by atoms with Gasteiger partial charge in [0.15, 0.2) is 0 Å². The highest BCUT2D eigenvalue weighted by molar-refractivity contribution is 7.09. The van der Waals surface area contributed by atoms with E-state index < -0.39 is 5.97 Å². The molecule has 0 saturated carbocycles. The van der Waals surface area contributed by atoms with Gasteiger partial charge < -0.3 is 15.3 Å². The van der Waals surface area contributed by atoms with E-state index >= 15 is 0 Å². The number of nitrogens with zero attached hydrogens (tertiary/aromatic N) is 2. The van der Waals surface area contributed by atoms with Crippen LogP contribution in [0, 0.1) is 6.92 Å². The van der Waals surface area contributed by atoms with Crippen molar-refractivity contribution < 1.29 is 14.7 Å². The minimum absolute atomic E-state index is 0.180. The molecular formula is C14H15N3O3S. The predicted molar refractivity (Wildman–Crippen MR) is 80.7 cm³/mol. The molecule has 110 valence electrons. The number of aryl methyl sites for hydroxylation is 1. The molecule has 0 saturated heterocycles. The van der Waals surface area contributed by atoms with Gasteiger partial charge in [-0.25, -0.2) is 14.6 Å². The fourth-order valence-electron chi connectivity index (χ4n) is 1.71. The van der Waals surface area contributed by atoms with Crippen molar-refractivity contribution in [1.82, 2.24) is 9.88 Å². The van der Waals surface area contributed by atoms with Gasteiger partial charge in [0.2, 0.25) is 0 Å². The second-order valence-electron chi connectivity index (χ2n) is 4.53. The summed E-state index contributed by atoms with van der Waals surface area (Å²) in [5.41, 5.74) is 1.57. The Hall–Kier alpha value is -2.41. The summed E-state index contributed by atoms with van der Waals surface area (Å²) in [5.74, 6) is -0.996. The summed E-state index contributed by atoms with van der Waals surface area (Å²) in [6.07, 6.45) is 0. The van der Waals surface area contributed by atoms with Gasteiger partial charge in [-0.3, -0.25) is 0 Å². The molecule has 0 spiro atoms. The number of hydrogen-bond acceptors (Lipinski definition) is 4. The minimum Gasteiger partial charge on any atom is -0.478 e. The maximum atomic E-state index is 12.0. The Morgan fingerprint density at radius 3 is 2.52 bits per heavy atom. The lowest BCUT2D eigenvalue weighted by Crippen LogP contribution is -2.30.